The van der Waals surface area contributed by atoms with Crippen LogP contribution < -0.4 is 5.32 Å². The molecule has 6 nitrogen and oxygen atoms in total. The standard InChI is InChI=1S/C15H11Cl2F3N2O4/c1-25-13(23)11(22-14(24)15(18,19)20)5-10-6-26-12(21-10)7-2-8(16)4-9(17)3-7/h2-4,6,11H,5H2,1H3,(H,22,24)/t11-/m0/s1. The van der Waals surface area contributed by atoms with E-state index in [2.05, 4.69) is 9.72 Å². The molecule has 0 bridgehead atoms. The number of aromatic nitrogens is 1. The van der Waals surface area contributed by atoms with Crippen molar-refractivity contribution < 1.29 is 31.9 Å². The minimum atomic E-state index is -5.14. The summed E-state index contributed by atoms with van der Waals surface area (Å²) in [6.45, 7) is 0. The van der Waals surface area contributed by atoms with Crippen LogP contribution in [0.3, 0.4) is 0 Å². The van der Waals surface area contributed by atoms with Crippen molar-refractivity contribution in [3.05, 3.63) is 40.2 Å². The molecule has 26 heavy (non-hydrogen) atoms. The van der Waals surface area contributed by atoms with E-state index >= 15 is 0 Å². The second kappa shape index (κ2) is 7.96. The number of rotatable bonds is 5. The number of nitrogens with one attached hydrogen (secondary N) is 1. The van der Waals surface area contributed by atoms with Gasteiger partial charge in [0.1, 0.15) is 12.3 Å². The molecule has 0 aliphatic heterocycles. The van der Waals surface area contributed by atoms with Crippen LogP contribution in [0, 0.1) is 0 Å². The summed E-state index contributed by atoms with van der Waals surface area (Å²) >= 11 is 11.8. The van der Waals surface area contributed by atoms with Crippen molar-refractivity contribution in [2.45, 2.75) is 18.6 Å². The van der Waals surface area contributed by atoms with Gasteiger partial charge in [0, 0.05) is 22.0 Å². The van der Waals surface area contributed by atoms with E-state index in [0.717, 1.165) is 13.4 Å². The summed E-state index contributed by atoms with van der Waals surface area (Å²) < 4.78 is 46.8. The van der Waals surface area contributed by atoms with Crippen LogP contribution in [0.15, 0.2) is 28.9 Å². The zero-order valence-electron chi connectivity index (χ0n) is 13.1. The summed E-state index contributed by atoms with van der Waals surface area (Å²) in [4.78, 5) is 26.8. The van der Waals surface area contributed by atoms with Crippen molar-refractivity contribution in [3.8, 4) is 11.5 Å². The summed E-state index contributed by atoms with van der Waals surface area (Å²) in [7, 11) is 0.983. The van der Waals surface area contributed by atoms with Crippen LogP contribution >= 0.6 is 23.2 Å². The number of halogens is 5. The smallest absolute Gasteiger partial charge is 0.467 e. The number of hydrogen-bond acceptors (Lipinski definition) is 5. The molecule has 1 amide bonds. The molecule has 0 unspecified atom stereocenters. The molecule has 2 rings (SSSR count). The van der Waals surface area contributed by atoms with E-state index in [1.807, 2.05) is 0 Å². The summed E-state index contributed by atoms with van der Waals surface area (Å²) in [5.41, 5.74) is 0.552. The number of ether oxygens (including phenoxy) is 1. The molecule has 0 aliphatic rings. The molecule has 0 aliphatic carbocycles. The molecule has 140 valence electrons. The number of benzene rings is 1. The van der Waals surface area contributed by atoms with Gasteiger partial charge < -0.3 is 14.5 Å². The van der Waals surface area contributed by atoms with E-state index in [1.54, 1.807) is 5.32 Å². The lowest BCUT2D eigenvalue weighted by molar-refractivity contribution is -0.175. The molecule has 1 aromatic carbocycles. The third-order valence-electron chi connectivity index (χ3n) is 3.12. The molecule has 0 radical (unpaired) electrons. The number of methoxy groups -OCH3 is 1. The highest BCUT2D eigenvalue weighted by Crippen LogP contribution is 2.27. The van der Waals surface area contributed by atoms with Gasteiger partial charge in [-0.2, -0.15) is 13.2 Å². The highest BCUT2D eigenvalue weighted by Gasteiger charge is 2.41. The Morgan fingerprint density at radius 1 is 1.27 bits per heavy atom. The van der Waals surface area contributed by atoms with Gasteiger partial charge in [-0.1, -0.05) is 23.2 Å². The van der Waals surface area contributed by atoms with Crippen molar-refractivity contribution in [2.75, 3.05) is 7.11 Å². The fourth-order valence-electron chi connectivity index (χ4n) is 2.00. The van der Waals surface area contributed by atoms with Gasteiger partial charge in [-0.25, -0.2) is 9.78 Å². The summed E-state index contributed by atoms with van der Waals surface area (Å²) in [6.07, 6.45) is -4.37. The van der Waals surface area contributed by atoms with Crippen LogP contribution in [-0.2, 0) is 20.7 Å². The fourth-order valence-corrected chi connectivity index (χ4v) is 2.52. The van der Waals surface area contributed by atoms with Crippen LogP contribution in [0.1, 0.15) is 5.69 Å². The Bertz CT molecular complexity index is 803. The Hall–Kier alpha value is -2.26. The lowest BCUT2D eigenvalue weighted by atomic mass is 10.1. The Morgan fingerprint density at radius 2 is 1.88 bits per heavy atom. The van der Waals surface area contributed by atoms with Crippen molar-refractivity contribution >= 4 is 35.1 Å². The molecular formula is C15H11Cl2F3N2O4. The Kier molecular flexibility index (Phi) is 6.14. The Labute approximate surface area is 155 Å². The highest BCUT2D eigenvalue weighted by atomic mass is 35.5. The average molecular weight is 411 g/mol. The first-order chi connectivity index (χ1) is 12.1. The number of oxazole rings is 1. The zero-order chi connectivity index (χ0) is 19.5. The van der Waals surface area contributed by atoms with Gasteiger partial charge in [-0.3, -0.25) is 4.79 Å². The third-order valence-corrected chi connectivity index (χ3v) is 3.56. The summed E-state index contributed by atoms with van der Waals surface area (Å²) in [6, 6.07) is 2.95. The van der Waals surface area contributed by atoms with E-state index < -0.39 is 24.1 Å². The van der Waals surface area contributed by atoms with Crippen LogP contribution in [0.2, 0.25) is 10.0 Å². The normalized spacial score (nSPS) is 12.5. The molecule has 1 N–H and O–H groups in total. The third kappa shape index (κ3) is 5.12. The van der Waals surface area contributed by atoms with Gasteiger partial charge in [0.05, 0.1) is 12.8 Å². The molecule has 1 atom stereocenters. The van der Waals surface area contributed by atoms with Crippen molar-refractivity contribution in [2.24, 2.45) is 0 Å². The van der Waals surface area contributed by atoms with Crippen molar-refractivity contribution in [3.63, 3.8) is 0 Å². The van der Waals surface area contributed by atoms with Crippen LogP contribution in [0.25, 0.3) is 11.5 Å². The number of alkyl halides is 3. The number of hydrogen-bond donors (Lipinski definition) is 1. The quantitative estimate of drug-likeness (QED) is 0.763. The first-order valence-corrected chi connectivity index (χ1v) is 7.72. The Morgan fingerprint density at radius 3 is 2.42 bits per heavy atom. The number of carbonyl (C=O) groups excluding carboxylic acids is 2. The topological polar surface area (TPSA) is 81.4 Å². The lowest BCUT2D eigenvalue weighted by Gasteiger charge is -2.16. The summed E-state index contributed by atoms with van der Waals surface area (Å²) in [5, 5.41) is 2.22. The van der Waals surface area contributed by atoms with Crippen molar-refractivity contribution in [1.82, 2.24) is 10.3 Å². The molecule has 0 saturated carbocycles. The maximum Gasteiger partial charge on any atom is 0.471 e. The fraction of sp³-hybridized carbons (Fsp3) is 0.267. The summed E-state index contributed by atoms with van der Waals surface area (Å²) in [5.74, 6) is -3.23. The van der Waals surface area contributed by atoms with Crippen molar-refractivity contribution in [1.29, 1.82) is 0 Å². The maximum atomic E-state index is 12.4. The molecule has 11 heteroatoms. The molecule has 0 saturated heterocycles. The minimum absolute atomic E-state index is 0.0927. The first-order valence-electron chi connectivity index (χ1n) is 6.96. The predicted molar refractivity (Wildman–Crippen MR) is 85.7 cm³/mol. The maximum absolute atomic E-state index is 12.4. The van der Waals surface area contributed by atoms with Gasteiger partial charge in [-0.15, -0.1) is 0 Å². The van der Waals surface area contributed by atoms with E-state index in [-0.39, 0.29) is 18.0 Å². The predicted octanol–water partition coefficient (Wildman–Crippen LogP) is 3.41. The number of nitrogens with zero attached hydrogens (tertiary/aromatic N) is 1. The monoisotopic (exact) mass is 410 g/mol. The first kappa shape index (κ1) is 20.1. The number of esters is 1. The number of carbonyl (C=O) groups is 2. The van der Waals surface area contributed by atoms with Gasteiger partial charge in [-0.05, 0) is 18.2 Å². The second-order valence-electron chi connectivity index (χ2n) is 5.05. The van der Waals surface area contributed by atoms with E-state index in [1.165, 1.54) is 18.2 Å². The highest BCUT2D eigenvalue weighted by molar-refractivity contribution is 6.35. The average Bonchev–Trinajstić information content (AvgIpc) is 3.00. The van der Waals surface area contributed by atoms with Gasteiger partial charge >= 0.3 is 18.1 Å². The molecule has 0 fully saturated rings. The van der Waals surface area contributed by atoms with Gasteiger partial charge in [0.2, 0.25) is 5.89 Å². The van der Waals surface area contributed by atoms with Crippen LogP contribution in [0.5, 0.6) is 0 Å². The molecular weight excluding hydrogens is 400 g/mol. The van der Waals surface area contributed by atoms with E-state index in [9.17, 15) is 22.8 Å². The molecule has 2 aromatic rings. The largest absolute Gasteiger partial charge is 0.471 e. The Balaban J connectivity index is 2.20. The van der Waals surface area contributed by atoms with Crippen LogP contribution in [-0.4, -0.2) is 36.2 Å². The van der Waals surface area contributed by atoms with E-state index in [4.69, 9.17) is 27.6 Å². The molecule has 1 aromatic heterocycles. The van der Waals surface area contributed by atoms with Crippen LogP contribution in [0.4, 0.5) is 13.2 Å². The van der Waals surface area contributed by atoms with Gasteiger partial charge in [0.25, 0.3) is 0 Å². The molecule has 0 spiro atoms. The van der Waals surface area contributed by atoms with E-state index in [0.29, 0.717) is 15.6 Å². The number of amides is 1. The minimum Gasteiger partial charge on any atom is -0.467 e. The SMILES string of the molecule is COC(=O)[C@H](Cc1coc(-c2cc(Cl)cc(Cl)c2)n1)NC(=O)C(F)(F)F. The van der Waals surface area contributed by atoms with Gasteiger partial charge in [0.15, 0.2) is 0 Å². The second-order valence-corrected chi connectivity index (χ2v) is 5.93. The lowest BCUT2D eigenvalue weighted by Crippen LogP contribution is -2.48. The molecule has 1 heterocycles. The zero-order valence-corrected chi connectivity index (χ0v) is 14.6.